The zero-order valence-electron chi connectivity index (χ0n) is 13.4. The minimum Gasteiger partial charge on any atom is -0.365 e. The topological polar surface area (TPSA) is 58.9 Å². The smallest absolute Gasteiger partial charge is 0.173 e. The molecular formula is C18H20N6. The molecule has 0 saturated carbocycles. The first kappa shape index (κ1) is 14.8. The Morgan fingerprint density at radius 2 is 2.04 bits per heavy atom. The Hall–Kier alpha value is -2.73. The molecule has 1 aliphatic heterocycles. The Labute approximate surface area is 141 Å². The van der Waals surface area contributed by atoms with Crippen molar-refractivity contribution in [3.05, 3.63) is 66.7 Å². The van der Waals surface area contributed by atoms with E-state index < -0.39 is 0 Å². The van der Waals surface area contributed by atoms with Crippen molar-refractivity contribution >= 4 is 5.82 Å². The summed E-state index contributed by atoms with van der Waals surface area (Å²) in [4.78, 5) is 11.3. The lowest BCUT2D eigenvalue weighted by Gasteiger charge is -2.17. The van der Waals surface area contributed by atoms with Gasteiger partial charge in [0, 0.05) is 38.1 Å². The van der Waals surface area contributed by atoms with Gasteiger partial charge >= 0.3 is 0 Å². The molecular weight excluding hydrogens is 300 g/mol. The SMILES string of the molecule is c1ccc(CN2CC[C@H](Nc3cncc(-n4cccn4)n3)C2)cc1. The fraction of sp³-hybridized carbons (Fsp3) is 0.278. The van der Waals surface area contributed by atoms with Crippen molar-refractivity contribution < 1.29 is 0 Å². The largest absolute Gasteiger partial charge is 0.365 e. The van der Waals surface area contributed by atoms with Gasteiger partial charge < -0.3 is 5.32 Å². The second kappa shape index (κ2) is 6.80. The van der Waals surface area contributed by atoms with E-state index in [4.69, 9.17) is 0 Å². The van der Waals surface area contributed by atoms with Crippen LogP contribution in [0.3, 0.4) is 0 Å². The summed E-state index contributed by atoms with van der Waals surface area (Å²) in [5, 5.41) is 7.70. The quantitative estimate of drug-likeness (QED) is 0.782. The summed E-state index contributed by atoms with van der Waals surface area (Å²) < 4.78 is 1.72. The number of rotatable bonds is 5. The molecule has 1 N–H and O–H groups in total. The molecule has 4 rings (SSSR count). The predicted octanol–water partition coefficient (Wildman–Crippen LogP) is 2.35. The van der Waals surface area contributed by atoms with E-state index in [0.29, 0.717) is 6.04 Å². The van der Waals surface area contributed by atoms with Gasteiger partial charge in [0.15, 0.2) is 5.82 Å². The van der Waals surface area contributed by atoms with E-state index in [-0.39, 0.29) is 0 Å². The Kier molecular flexibility index (Phi) is 4.20. The molecule has 1 fully saturated rings. The summed E-state index contributed by atoms with van der Waals surface area (Å²) in [6, 6.07) is 12.9. The summed E-state index contributed by atoms with van der Waals surface area (Å²) in [6.45, 7) is 3.11. The van der Waals surface area contributed by atoms with Crippen LogP contribution in [0.2, 0.25) is 0 Å². The zero-order valence-corrected chi connectivity index (χ0v) is 13.4. The fourth-order valence-electron chi connectivity index (χ4n) is 3.08. The molecule has 1 saturated heterocycles. The summed E-state index contributed by atoms with van der Waals surface area (Å²) in [5.74, 6) is 1.53. The van der Waals surface area contributed by atoms with E-state index in [0.717, 1.165) is 37.7 Å². The molecule has 0 radical (unpaired) electrons. The minimum atomic E-state index is 0.399. The standard InChI is InChI=1S/C18H20N6/c1-2-5-15(6-3-1)13-23-10-7-16(14-23)21-17-11-19-12-18(22-17)24-9-4-8-20-24/h1-6,8-9,11-12,16H,7,10,13-14H2,(H,21,22)/t16-/m0/s1. The number of anilines is 1. The molecule has 24 heavy (non-hydrogen) atoms. The zero-order chi connectivity index (χ0) is 16.2. The van der Waals surface area contributed by atoms with Crippen LogP contribution in [0.5, 0.6) is 0 Å². The molecule has 0 aliphatic carbocycles. The van der Waals surface area contributed by atoms with Crippen LogP contribution in [0.25, 0.3) is 5.82 Å². The van der Waals surface area contributed by atoms with Crippen LogP contribution in [-0.2, 0) is 6.54 Å². The highest BCUT2D eigenvalue weighted by Gasteiger charge is 2.22. The van der Waals surface area contributed by atoms with E-state index in [1.165, 1.54) is 5.56 Å². The first-order chi connectivity index (χ1) is 11.9. The maximum absolute atomic E-state index is 4.60. The highest BCUT2D eigenvalue weighted by Crippen LogP contribution is 2.17. The Bertz CT molecular complexity index is 771. The summed E-state index contributed by atoms with van der Waals surface area (Å²) in [6.07, 6.45) is 8.20. The minimum absolute atomic E-state index is 0.399. The number of benzene rings is 1. The van der Waals surface area contributed by atoms with E-state index in [1.807, 2.05) is 12.3 Å². The van der Waals surface area contributed by atoms with Crippen LogP contribution >= 0.6 is 0 Å². The maximum atomic E-state index is 4.60. The van der Waals surface area contributed by atoms with Crippen molar-refractivity contribution in [2.24, 2.45) is 0 Å². The van der Waals surface area contributed by atoms with Gasteiger partial charge in [0.2, 0.25) is 0 Å². The molecule has 1 atom stereocenters. The fourth-order valence-corrected chi connectivity index (χ4v) is 3.08. The Balaban J connectivity index is 1.37. The second-order valence-corrected chi connectivity index (χ2v) is 6.06. The third-order valence-corrected chi connectivity index (χ3v) is 4.23. The van der Waals surface area contributed by atoms with Crippen LogP contribution in [0.1, 0.15) is 12.0 Å². The van der Waals surface area contributed by atoms with Gasteiger partial charge in [0.05, 0.1) is 12.4 Å². The van der Waals surface area contributed by atoms with Crippen LogP contribution in [0.15, 0.2) is 61.2 Å². The molecule has 6 heteroatoms. The van der Waals surface area contributed by atoms with Gasteiger partial charge in [-0.15, -0.1) is 0 Å². The lowest BCUT2D eigenvalue weighted by Crippen LogP contribution is -2.26. The van der Waals surface area contributed by atoms with Crippen molar-refractivity contribution in [2.45, 2.75) is 19.0 Å². The first-order valence-electron chi connectivity index (χ1n) is 8.22. The Morgan fingerprint density at radius 3 is 2.88 bits per heavy atom. The number of hydrogen-bond donors (Lipinski definition) is 1. The first-order valence-corrected chi connectivity index (χ1v) is 8.22. The molecule has 0 bridgehead atoms. The molecule has 0 unspecified atom stereocenters. The van der Waals surface area contributed by atoms with Gasteiger partial charge in [-0.25, -0.2) is 9.67 Å². The van der Waals surface area contributed by atoms with E-state index in [2.05, 4.69) is 55.6 Å². The summed E-state index contributed by atoms with van der Waals surface area (Å²) >= 11 is 0. The number of hydrogen-bond acceptors (Lipinski definition) is 5. The third-order valence-electron chi connectivity index (χ3n) is 4.23. The van der Waals surface area contributed by atoms with Crippen LogP contribution in [-0.4, -0.2) is 43.8 Å². The molecule has 0 amide bonds. The number of likely N-dealkylation sites (tertiary alicyclic amines) is 1. The van der Waals surface area contributed by atoms with E-state index >= 15 is 0 Å². The third kappa shape index (κ3) is 3.44. The molecule has 3 heterocycles. The molecule has 3 aromatic rings. The van der Waals surface area contributed by atoms with Gasteiger partial charge in [-0.2, -0.15) is 5.10 Å². The van der Waals surface area contributed by atoms with Crippen molar-refractivity contribution in [2.75, 3.05) is 18.4 Å². The summed E-state index contributed by atoms with van der Waals surface area (Å²) in [7, 11) is 0. The van der Waals surface area contributed by atoms with Crippen molar-refractivity contribution in [1.82, 2.24) is 24.6 Å². The van der Waals surface area contributed by atoms with Crippen LogP contribution in [0, 0.1) is 0 Å². The molecule has 0 spiro atoms. The molecule has 1 aromatic carbocycles. The summed E-state index contributed by atoms with van der Waals surface area (Å²) in [5.41, 5.74) is 1.36. The van der Waals surface area contributed by atoms with Gasteiger partial charge in [-0.1, -0.05) is 30.3 Å². The van der Waals surface area contributed by atoms with Gasteiger partial charge in [-0.05, 0) is 18.1 Å². The average Bonchev–Trinajstić information content (AvgIpc) is 3.28. The van der Waals surface area contributed by atoms with Crippen molar-refractivity contribution in [1.29, 1.82) is 0 Å². The highest BCUT2D eigenvalue weighted by atomic mass is 15.3. The molecule has 6 nitrogen and oxygen atoms in total. The highest BCUT2D eigenvalue weighted by molar-refractivity contribution is 5.37. The normalized spacial score (nSPS) is 17.9. The number of nitrogens with zero attached hydrogens (tertiary/aromatic N) is 5. The molecule has 1 aliphatic rings. The molecule has 2 aromatic heterocycles. The average molecular weight is 320 g/mol. The predicted molar refractivity (Wildman–Crippen MR) is 92.9 cm³/mol. The van der Waals surface area contributed by atoms with E-state index in [9.17, 15) is 0 Å². The number of nitrogens with one attached hydrogen (secondary N) is 1. The monoisotopic (exact) mass is 320 g/mol. The van der Waals surface area contributed by atoms with Crippen molar-refractivity contribution in [3.8, 4) is 5.82 Å². The second-order valence-electron chi connectivity index (χ2n) is 6.06. The molecule has 122 valence electrons. The van der Waals surface area contributed by atoms with Gasteiger partial charge in [-0.3, -0.25) is 9.88 Å². The van der Waals surface area contributed by atoms with Crippen LogP contribution in [0.4, 0.5) is 5.82 Å². The maximum Gasteiger partial charge on any atom is 0.173 e. The van der Waals surface area contributed by atoms with Crippen LogP contribution < -0.4 is 5.32 Å². The Morgan fingerprint density at radius 1 is 1.12 bits per heavy atom. The van der Waals surface area contributed by atoms with Gasteiger partial charge in [0.1, 0.15) is 5.82 Å². The van der Waals surface area contributed by atoms with Gasteiger partial charge in [0.25, 0.3) is 0 Å². The van der Waals surface area contributed by atoms with Crippen molar-refractivity contribution in [3.63, 3.8) is 0 Å². The van der Waals surface area contributed by atoms with E-state index in [1.54, 1.807) is 23.3 Å². The lowest BCUT2D eigenvalue weighted by molar-refractivity contribution is 0.328. The lowest BCUT2D eigenvalue weighted by atomic mass is 10.2. The number of aromatic nitrogens is 4.